The molecule has 0 bridgehead atoms. The fraction of sp³-hybridized carbons (Fsp3) is 0.455. The Morgan fingerprint density at radius 2 is 2.12 bits per heavy atom. The van der Waals surface area contributed by atoms with Gasteiger partial charge in [0.2, 0.25) is 5.39 Å². The van der Waals surface area contributed by atoms with E-state index in [1.165, 1.54) is 0 Å². The number of diazo groups is 1. The highest BCUT2D eigenvalue weighted by Crippen LogP contribution is 2.32. The first kappa shape index (κ1) is 10.7. The Morgan fingerprint density at radius 3 is 2.75 bits per heavy atom. The van der Waals surface area contributed by atoms with Crippen molar-refractivity contribution in [2.24, 2.45) is 0 Å². The Morgan fingerprint density at radius 1 is 1.38 bits per heavy atom. The van der Waals surface area contributed by atoms with Crippen molar-refractivity contribution in [2.45, 2.75) is 0 Å². The molecule has 0 saturated carbocycles. The van der Waals surface area contributed by atoms with Crippen molar-refractivity contribution < 1.29 is 9.47 Å². The van der Waals surface area contributed by atoms with E-state index in [1.807, 2.05) is 6.07 Å². The van der Waals surface area contributed by atoms with Gasteiger partial charge in [-0.05, 0) is 6.07 Å². The first-order valence-electron chi connectivity index (χ1n) is 5.21. The van der Waals surface area contributed by atoms with Crippen molar-refractivity contribution >= 4 is 11.4 Å². The maximum atomic E-state index is 8.94. The molecule has 0 aliphatic carbocycles. The molecule has 0 N–H and O–H groups in total. The van der Waals surface area contributed by atoms with Crippen molar-refractivity contribution in [3.05, 3.63) is 23.2 Å². The third-order valence-corrected chi connectivity index (χ3v) is 2.64. The van der Waals surface area contributed by atoms with Gasteiger partial charge in [-0.15, -0.1) is 0 Å². The zero-order valence-corrected chi connectivity index (χ0v) is 9.22. The normalized spacial score (nSPS) is 15.6. The SMILES string of the molecule is COc1ccc([N+]#N)c(N2CCOCC2)c1. The topological polar surface area (TPSA) is 49.8 Å². The average molecular weight is 220 g/mol. The van der Waals surface area contributed by atoms with Gasteiger partial charge < -0.3 is 14.4 Å². The van der Waals surface area contributed by atoms with E-state index in [-0.39, 0.29) is 0 Å². The molecule has 0 atom stereocenters. The molecule has 2 rings (SSSR count). The zero-order valence-electron chi connectivity index (χ0n) is 9.22. The summed E-state index contributed by atoms with van der Waals surface area (Å²) in [6.45, 7) is 3.00. The second kappa shape index (κ2) is 4.81. The van der Waals surface area contributed by atoms with E-state index in [4.69, 9.17) is 14.9 Å². The summed E-state index contributed by atoms with van der Waals surface area (Å²) >= 11 is 0. The summed E-state index contributed by atoms with van der Waals surface area (Å²) in [5.41, 5.74) is 1.44. The van der Waals surface area contributed by atoms with Gasteiger partial charge in [0.15, 0.2) is 4.98 Å². The number of ether oxygens (including phenoxy) is 2. The van der Waals surface area contributed by atoms with Gasteiger partial charge in [-0.2, -0.15) is 0 Å². The predicted octanol–water partition coefficient (Wildman–Crippen LogP) is 2.02. The van der Waals surface area contributed by atoms with Crippen molar-refractivity contribution in [3.63, 3.8) is 0 Å². The number of hydrogen-bond donors (Lipinski definition) is 0. The zero-order chi connectivity index (χ0) is 11.4. The molecule has 1 aliphatic rings. The molecule has 0 spiro atoms. The fourth-order valence-corrected chi connectivity index (χ4v) is 1.77. The highest BCUT2D eigenvalue weighted by atomic mass is 16.5. The number of rotatable bonds is 2. The van der Waals surface area contributed by atoms with Crippen LogP contribution in [0.25, 0.3) is 4.98 Å². The van der Waals surface area contributed by atoms with Crippen molar-refractivity contribution in [3.8, 4) is 5.75 Å². The van der Waals surface area contributed by atoms with Gasteiger partial charge in [0, 0.05) is 25.2 Å². The first-order chi connectivity index (χ1) is 7.85. The van der Waals surface area contributed by atoms with Crippen LogP contribution in [0.2, 0.25) is 0 Å². The highest BCUT2D eigenvalue weighted by Gasteiger charge is 2.22. The van der Waals surface area contributed by atoms with Crippen molar-refractivity contribution in [2.75, 3.05) is 38.3 Å². The lowest BCUT2D eigenvalue weighted by Gasteiger charge is -2.27. The predicted molar refractivity (Wildman–Crippen MR) is 60.8 cm³/mol. The summed E-state index contributed by atoms with van der Waals surface area (Å²) in [6.07, 6.45) is 0. The monoisotopic (exact) mass is 220 g/mol. The van der Waals surface area contributed by atoms with Crippen molar-refractivity contribution in [1.29, 1.82) is 5.39 Å². The molecule has 1 fully saturated rings. The number of hydrogen-bond acceptors (Lipinski definition) is 4. The molecule has 84 valence electrons. The molecule has 1 saturated heterocycles. The number of anilines is 1. The van der Waals surface area contributed by atoms with Crippen LogP contribution in [0.5, 0.6) is 5.75 Å². The number of methoxy groups -OCH3 is 1. The second-order valence-corrected chi connectivity index (χ2v) is 3.55. The summed E-state index contributed by atoms with van der Waals surface area (Å²) in [4.78, 5) is 5.41. The lowest BCUT2D eigenvalue weighted by atomic mass is 10.2. The molecule has 0 aromatic heterocycles. The van der Waals surface area contributed by atoms with E-state index in [1.54, 1.807) is 19.2 Å². The van der Waals surface area contributed by atoms with Gasteiger partial charge in [0.05, 0.1) is 20.3 Å². The molecule has 1 heterocycles. The van der Waals surface area contributed by atoms with Gasteiger partial charge >= 0.3 is 5.69 Å². The molecule has 5 heteroatoms. The number of morpholine rings is 1. The van der Waals surface area contributed by atoms with E-state index >= 15 is 0 Å². The molecule has 1 aliphatic heterocycles. The number of benzene rings is 1. The third-order valence-electron chi connectivity index (χ3n) is 2.64. The molecule has 16 heavy (non-hydrogen) atoms. The Bertz CT molecular complexity index is 408. The van der Waals surface area contributed by atoms with Gasteiger partial charge in [0.25, 0.3) is 0 Å². The second-order valence-electron chi connectivity index (χ2n) is 3.55. The quantitative estimate of drug-likeness (QED) is 0.715. The molecule has 1 aromatic rings. The van der Waals surface area contributed by atoms with Crippen LogP contribution in [0.15, 0.2) is 18.2 Å². The summed E-state index contributed by atoms with van der Waals surface area (Å²) < 4.78 is 10.4. The lowest BCUT2D eigenvalue weighted by Crippen LogP contribution is -2.36. The fourth-order valence-electron chi connectivity index (χ4n) is 1.77. The van der Waals surface area contributed by atoms with Crippen LogP contribution in [0, 0.1) is 5.39 Å². The van der Waals surface area contributed by atoms with Gasteiger partial charge in [0.1, 0.15) is 11.4 Å². The van der Waals surface area contributed by atoms with Crippen LogP contribution in [-0.4, -0.2) is 33.4 Å². The lowest BCUT2D eigenvalue weighted by molar-refractivity contribution is 0.123. The average Bonchev–Trinajstić information content (AvgIpc) is 2.39. The van der Waals surface area contributed by atoms with E-state index in [2.05, 4.69) is 9.88 Å². The molecular formula is C11H14N3O2+. The number of nitrogens with zero attached hydrogens (tertiary/aromatic N) is 3. The maximum Gasteiger partial charge on any atom is 0.408 e. The minimum atomic E-state index is 0.558. The molecular weight excluding hydrogens is 206 g/mol. The Balaban J connectivity index is 2.32. The molecule has 1 aromatic carbocycles. The standard InChI is InChI=1S/C11H14N3O2/c1-15-9-2-3-10(13-12)11(8-9)14-4-6-16-7-5-14/h2-3,8H,4-7H2,1H3/q+1. The van der Waals surface area contributed by atoms with Gasteiger partial charge in [-0.3, -0.25) is 0 Å². The van der Waals surface area contributed by atoms with Gasteiger partial charge in [-0.25, -0.2) is 0 Å². The molecule has 0 radical (unpaired) electrons. The van der Waals surface area contributed by atoms with Crippen LogP contribution >= 0.6 is 0 Å². The summed E-state index contributed by atoms with van der Waals surface area (Å²) in [5.74, 6) is 0.758. The highest BCUT2D eigenvalue weighted by molar-refractivity contribution is 5.72. The Labute approximate surface area is 94.2 Å². The summed E-state index contributed by atoms with van der Waals surface area (Å²) in [7, 11) is 1.62. The van der Waals surface area contributed by atoms with Crippen LogP contribution in [0.3, 0.4) is 0 Å². The van der Waals surface area contributed by atoms with Gasteiger partial charge in [-0.1, -0.05) is 0 Å². The minimum Gasteiger partial charge on any atom is -0.497 e. The first-order valence-corrected chi connectivity index (χ1v) is 5.21. The smallest absolute Gasteiger partial charge is 0.408 e. The van der Waals surface area contributed by atoms with Crippen LogP contribution in [-0.2, 0) is 4.74 Å². The van der Waals surface area contributed by atoms with E-state index < -0.39 is 0 Å². The molecule has 0 unspecified atom stereocenters. The van der Waals surface area contributed by atoms with E-state index in [0.29, 0.717) is 18.9 Å². The Hall–Kier alpha value is -1.80. The summed E-state index contributed by atoms with van der Waals surface area (Å²) in [5, 5.41) is 8.94. The van der Waals surface area contributed by atoms with Crippen molar-refractivity contribution in [1.82, 2.24) is 0 Å². The van der Waals surface area contributed by atoms with Crippen LogP contribution in [0.1, 0.15) is 0 Å². The molecule has 0 amide bonds. The maximum absolute atomic E-state index is 8.94. The Kier molecular flexibility index (Phi) is 3.22. The molecule has 5 nitrogen and oxygen atoms in total. The summed E-state index contributed by atoms with van der Waals surface area (Å²) in [6, 6.07) is 5.39. The minimum absolute atomic E-state index is 0.558. The third kappa shape index (κ3) is 2.07. The van der Waals surface area contributed by atoms with E-state index in [9.17, 15) is 0 Å². The largest absolute Gasteiger partial charge is 0.497 e. The van der Waals surface area contributed by atoms with Crippen LogP contribution in [0.4, 0.5) is 11.4 Å². The van der Waals surface area contributed by atoms with E-state index in [0.717, 1.165) is 24.5 Å². The van der Waals surface area contributed by atoms with Crippen LogP contribution < -0.4 is 9.64 Å².